The number of rotatable bonds is 5. The van der Waals surface area contributed by atoms with Gasteiger partial charge in [-0.25, -0.2) is 0 Å². The molecule has 4 rings (SSSR count). The highest BCUT2D eigenvalue weighted by Gasteiger charge is 2.24. The largest absolute Gasteiger partial charge is 0.484 e. The number of amides is 1. The van der Waals surface area contributed by atoms with Crippen LogP contribution in [0.3, 0.4) is 0 Å². The first-order chi connectivity index (χ1) is 14.1. The smallest absolute Gasteiger partial charge is 0.266 e. The number of fused-ring (bicyclic) bond motifs is 1. The van der Waals surface area contributed by atoms with Gasteiger partial charge in [-0.05, 0) is 40.6 Å². The molecule has 0 N–H and O–H groups in total. The van der Waals surface area contributed by atoms with Crippen LogP contribution < -0.4 is 4.74 Å². The quantitative estimate of drug-likeness (QED) is 0.509. The molecule has 0 unspecified atom stereocenters. The third kappa shape index (κ3) is 4.86. The van der Waals surface area contributed by atoms with E-state index in [-0.39, 0.29) is 12.5 Å². The fraction of sp³-hybridized carbons (Fsp3) is 0.182. The molecule has 1 aliphatic rings. The lowest BCUT2D eigenvalue weighted by Crippen LogP contribution is -2.36. The maximum atomic E-state index is 12.7. The highest BCUT2D eigenvalue weighted by molar-refractivity contribution is 8.13. The van der Waals surface area contributed by atoms with Crippen LogP contribution in [0.2, 0.25) is 10.0 Å². The molecule has 0 radical (unpaired) electrons. The van der Waals surface area contributed by atoms with E-state index in [0.29, 0.717) is 39.8 Å². The van der Waals surface area contributed by atoms with Crippen LogP contribution in [0.5, 0.6) is 5.75 Å². The van der Waals surface area contributed by atoms with Crippen molar-refractivity contribution >= 4 is 56.8 Å². The number of benzene rings is 3. The summed E-state index contributed by atoms with van der Waals surface area (Å²) in [6.45, 7) is 1.15. The summed E-state index contributed by atoms with van der Waals surface area (Å²) in [7, 11) is 0. The summed E-state index contributed by atoms with van der Waals surface area (Å²) in [6.07, 6.45) is 0. The standard InChI is InChI=1S/C22H18Cl2N2O2S/c23-19-8-5-15(11-20(19)24)14-29-22-25-9-10-26(22)21(27)13-28-18-7-6-16-3-1-2-4-17(16)12-18/h1-8,11-12H,9-10,13-14H2. The Morgan fingerprint density at radius 2 is 1.86 bits per heavy atom. The van der Waals surface area contributed by atoms with Crippen molar-refractivity contribution in [3.63, 3.8) is 0 Å². The molecular weight excluding hydrogens is 427 g/mol. The van der Waals surface area contributed by atoms with Gasteiger partial charge in [0, 0.05) is 12.3 Å². The molecule has 4 nitrogen and oxygen atoms in total. The number of thioether (sulfide) groups is 1. The van der Waals surface area contributed by atoms with Crippen molar-refractivity contribution in [3.8, 4) is 5.75 Å². The Morgan fingerprint density at radius 1 is 1.03 bits per heavy atom. The van der Waals surface area contributed by atoms with E-state index >= 15 is 0 Å². The molecule has 0 atom stereocenters. The summed E-state index contributed by atoms with van der Waals surface area (Å²) in [6, 6.07) is 19.4. The Balaban J connectivity index is 1.34. The van der Waals surface area contributed by atoms with E-state index in [1.165, 1.54) is 11.8 Å². The predicted octanol–water partition coefficient (Wildman–Crippen LogP) is 5.66. The average Bonchev–Trinajstić information content (AvgIpc) is 3.21. The predicted molar refractivity (Wildman–Crippen MR) is 121 cm³/mol. The maximum absolute atomic E-state index is 12.7. The molecule has 0 saturated carbocycles. The monoisotopic (exact) mass is 444 g/mol. The van der Waals surface area contributed by atoms with E-state index in [2.05, 4.69) is 4.99 Å². The van der Waals surface area contributed by atoms with Crippen molar-refractivity contribution in [2.45, 2.75) is 5.75 Å². The van der Waals surface area contributed by atoms with Crippen LogP contribution in [0.15, 0.2) is 65.7 Å². The molecule has 0 bridgehead atoms. The zero-order valence-corrected chi connectivity index (χ0v) is 17.8. The van der Waals surface area contributed by atoms with Crippen LogP contribution in [-0.4, -0.2) is 35.7 Å². The lowest BCUT2D eigenvalue weighted by Gasteiger charge is -2.18. The number of hydrogen-bond donors (Lipinski definition) is 0. The average molecular weight is 445 g/mol. The summed E-state index contributed by atoms with van der Waals surface area (Å²) in [5.74, 6) is 1.24. The summed E-state index contributed by atoms with van der Waals surface area (Å²) in [4.78, 5) is 18.8. The van der Waals surface area contributed by atoms with Gasteiger partial charge in [-0.3, -0.25) is 14.7 Å². The molecular formula is C22H18Cl2N2O2S. The SMILES string of the molecule is O=C(COc1ccc2ccccc2c1)N1CCN=C1SCc1ccc(Cl)c(Cl)c1. The number of halogens is 2. The Bertz CT molecular complexity index is 1090. The molecule has 3 aromatic rings. The van der Waals surface area contributed by atoms with E-state index in [1.54, 1.807) is 11.0 Å². The number of aliphatic imine (C=N–C) groups is 1. The minimum absolute atomic E-state index is 0.0231. The molecule has 3 aromatic carbocycles. The summed E-state index contributed by atoms with van der Waals surface area (Å²) >= 11 is 13.5. The summed E-state index contributed by atoms with van der Waals surface area (Å²) < 4.78 is 5.74. The zero-order chi connectivity index (χ0) is 20.2. The Hall–Kier alpha value is -2.21. The van der Waals surface area contributed by atoms with E-state index in [4.69, 9.17) is 27.9 Å². The molecule has 0 fully saturated rings. The number of hydrogen-bond acceptors (Lipinski definition) is 4. The van der Waals surface area contributed by atoms with Gasteiger partial charge in [0.15, 0.2) is 11.8 Å². The molecule has 0 aliphatic carbocycles. The number of amidine groups is 1. The van der Waals surface area contributed by atoms with Crippen molar-refractivity contribution < 1.29 is 9.53 Å². The number of carbonyl (C=O) groups excluding carboxylic acids is 1. The molecule has 29 heavy (non-hydrogen) atoms. The molecule has 7 heteroatoms. The fourth-order valence-corrected chi connectivity index (χ4v) is 4.37. The van der Waals surface area contributed by atoms with Gasteiger partial charge in [0.05, 0.1) is 16.6 Å². The third-order valence-corrected chi connectivity index (χ3v) is 6.36. The van der Waals surface area contributed by atoms with Gasteiger partial charge in [-0.1, -0.05) is 71.4 Å². The van der Waals surface area contributed by atoms with Crippen LogP contribution in [-0.2, 0) is 10.5 Å². The van der Waals surface area contributed by atoms with Gasteiger partial charge in [0.25, 0.3) is 5.91 Å². The van der Waals surface area contributed by atoms with Crippen LogP contribution in [0.25, 0.3) is 10.8 Å². The van der Waals surface area contributed by atoms with Crippen molar-refractivity contribution in [1.29, 1.82) is 0 Å². The van der Waals surface area contributed by atoms with Gasteiger partial charge < -0.3 is 4.74 Å². The van der Waals surface area contributed by atoms with Gasteiger partial charge >= 0.3 is 0 Å². The Kier molecular flexibility index (Phi) is 6.28. The third-order valence-electron chi connectivity index (χ3n) is 4.54. The summed E-state index contributed by atoms with van der Waals surface area (Å²) in [5, 5.41) is 3.98. The highest BCUT2D eigenvalue weighted by atomic mass is 35.5. The second kappa shape index (κ2) is 9.08. The maximum Gasteiger partial charge on any atom is 0.266 e. The Labute approximate surface area is 183 Å². The lowest BCUT2D eigenvalue weighted by atomic mass is 10.1. The van der Waals surface area contributed by atoms with Crippen LogP contribution in [0.4, 0.5) is 0 Å². The number of ether oxygens (including phenoxy) is 1. The van der Waals surface area contributed by atoms with Crippen molar-refractivity contribution in [2.24, 2.45) is 4.99 Å². The summed E-state index contributed by atoms with van der Waals surface area (Å²) in [5.41, 5.74) is 1.03. The first-order valence-electron chi connectivity index (χ1n) is 9.13. The van der Waals surface area contributed by atoms with Gasteiger partial charge in [0.2, 0.25) is 0 Å². The van der Waals surface area contributed by atoms with Crippen LogP contribution in [0, 0.1) is 0 Å². The van der Waals surface area contributed by atoms with Crippen molar-refractivity contribution in [1.82, 2.24) is 4.90 Å². The molecule has 1 heterocycles. The number of nitrogens with zero attached hydrogens (tertiary/aromatic N) is 2. The van der Waals surface area contributed by atoms with E-state index in [1.807, 2.05) is 54.6 Å². The Morgan fingerprint density at radius 3 is 2.69 bits per heavy atom. The molecule has 0 spiro atoms. The zero-order valence-electron chi connectivity index (χ0n) is 15.5. The topological polar surface area (TPSA) is 41.9 Å². The minimum atomic E-state index is -0.101. The first kappa shape index (κ1) is 20.1. The van der Waals surface area contributed by atoms with Crippen molar-refractivity contribution in [3.05, 3.63) is 76.3 Å². The lowest BCUT2D eigenvalue weighted by molar-refractivity contribution is -0.128. The van der Waals surface area contributed by atoms with E-state index in [9.17, 15) is 4.79 Å². The second-order valence-corrected chi connectivity index (χ2v) is 8.30. The fourth-order valence-electron chi connectivity index (χ4n) is 3.04. The highest BCUT2D eigenvalue weighted by Crippen LogP contribution is 2.26. The van der Waals surface area contributed by atoms with E-state index in [0.717, 1.165) is 16.3 Å². The molecule has 148 valence electrons. The van der Waals surface area contributed by atoms with Gasteiger partial charge in [-0.15, -0.1) is 0 Å². The molecule has 1 aliphatic heterocycles. The molecule has 1 amide bonds. The van der Waals surface area contributed by atoms with Gasteiger partial charge in [-0.2, -0.15) is 0 Å². The first-order valence-corrected chi connectivity index (χ1v) is 10.9. The van der Waals surface area contributed by atoms with E-state index < -0.39 is 0 Å². The van der Waals surface area contributed by atoms with Crippen LogP contribution in [0.1, 0.15) is 5.56 Å². The normalized spacial score (nSPS) is 13.6. The molecule has 0 aromatic heterocycles. The number of carbonyl (C=O) groups is 1. The minimum Gasteiger partial charge on any atom is -0.484 e. The second-order valence-electron chi connectivity index (χ2n) is 6.54. The van der Waals surface area contributed by atoms with Crippen LogP contribution >= 0.6 is 35.0 Å². The molecule has 0 saturated heterocycles. The van der Waals surface area contributed by atoms with Gasteiger partial charge in [0.1, 0.15) is 5.75 Å². The van der Waals surface area contributed by atoms with Crippen molar-refractivity contribution in [2.75, 3.05) is 19.7 Å².